The smallest absolute Gasteiger partial charge is 0.306 e. The number of carbonyl (C=O) groups is 1. The topological polar surface area (TPSA) is 26.3 Å². The molecular formula is C46H80O2. The summed E-state index contributed by atoms with van der Waals surface area (Å²) in [4.78, 5) is 13.2. The van der Waals surface area contributed by atoms with Crippen LogP contribution < -0.4 is 0 Å². The highest BCUT2D eigenvalue weighted by Gasteiger charge is 2.68. The molecule has 10 atom stereocenters. The number of esters is 1. The van der Waals surface area contributed by atoms with Crippen LogP contribution in [0.15, 0.2) is 11.6 Å². The molecule has 0 radical (unpaired) electrons. The Morgan fingerprint density at radius 3 is 1.94 bits per heavy atom. The van der Waals surface area contributed by atoms with Crippen LogP contribution in [0.3, 0.4) is 0 Å². The molecule has 5 aliphatic rings. The van der Waals surface area contributed by atoms with Crippen LogP contribution in [-0.4, -0.2) is 12.1 Å². The average Bonchev–Trinajstić information content (AvgIpc) is 3.03. The first-order valence-electron chi connectivity index (χ1n) is 21.6. The molecule has 0 spiro atoms. The van der Waals surface area contributed by atoms with Gasteiger partial charge in [-0.3, -0.25) is 4.79 Å². The number of allylic oxidation sites excluding steroid dienone is 2. The van der Waals surface area contributed by atoms with Crippen LogP contribution in [0, 0.1) is 56.7 Å². The van der Waals surface area contributed by atoms with Crippen LogP contribution in [0.4, 0.5) is 0 Å². The van der Waals surface area contributed by atoms with Gasteiger partial charge in [0.1, 0.15) is 6.10 Å². The third kappa shape index (κ3) is 7.14. The van der Waals surface area contributed by atoms with Gasteiger partial charge in [0.2, 0.25) is 0 Å². The second-order valence-electron chi connectivity index (χ2n) is 20.1. The summed E-state index contributed by atoms with van der Waals surface area (Å²) >= 11 is 0. The first-order valence-corrected chi connectivity index (χ1v) is 21.6. The Hall–Kier alpha value is -0.790. The van der Waals surface area contributed by atoms with Crippen molar-refractivity contribution in [3.63, 3.8) is 0 Å². The van der Waals surface area contributed by atoms with E-state index in [1.165, 1.54) is 128 Å². The minimum Gasteiger partial charge on any atom is -0.462 e. The standard InChI is InChI=1S/C46H80O2/c1-10-11-12-13-14-15-16-17-18-19-20-21-22-23-40(47)48-39-28-30-44(7)37(42(39,4)5)27-31-46(9)38(44)25-24-36-41-35(3)34(2)26-29-43(41,6)32-33-45(36,46)8/h24,34-35,37-39,41H,10-23,25-33H2,1-9H3/t34-,35+,37+,38-,39+,41+,43+,44+,45-,46-/m1/s1. The minimum atomic E-state index is 0.0311. The Balaban J connectivity index is 1.12. The van der Waals surface area contributed by atoms with Gasteiger partial charge in [0.05, 0.1) is 0 Å². The first kappa shape index (κ1) is 38.4. The van der Waals surface area contributed by atoms with E-state index in [0.29, 0.717) is 34.0 Å². The summed E-state index contributed by atoms with van der Waals surface area (Å²) in [5.41, 5.74) is 3.40. The quantitative estimate of drug-likeness (QED) is 0.0989. The maximum atomic E-state index is 13.2. The van der Waals surface area contributed by atoms with E-state index in [1.807, 2.05) is 5.57 Å². The molecule has 0 heterocycles. The van der Waals surface area contributed by atoms with Crippen molar-refractivity contribution in [1.82, 2.24) is 0 Å². The van der Waals surface area contributed by atoms with Crippen LogP contribution in [0.1, 0.15) is 210 Å². The van der Waals surface area contributed by atoms with E-state index in [4.69, 9.17) is 4.74 Å². The van der Waals surface area contributed by atoms with Gasteiger partial charge in [-0.15, -0.1) is 0 Å². The maximum Gasteiger partial charge on any atom is 0.306 e. The van der Waals surface area contributed by atoms with Crippen molar-refractivity contribution < 1.29 is 9.53 Å². The predicted molar refractivity (Wildman–Crippen MR) is 205 cm³/mol. The van der Waals surface area contributed by atoms with Gasteiger partial charge in [0, 0.05) is 11.8 Å². The predicted octanol–water partition coefficient (Wildman–Crippen LogP) is 14.1. The molecule has 0 aromatic carbocycles. The Morgan fingerprint density at radius 2 is 1.31 bits per heavy atom. The van der Waals surface area contributed by atoms with E-state index in [-0.39, 0.29) is 17.5 Å². The second-order valence-corrected chi connectivity index (χ2v) is 20.1. The third-order valence-electron chi connectivity index (χ3n) is 17.1. The van der Waals surface area contributed by atoms with Crippen LogP contribution in [0.5, 0.6) is 0 Å². The van der Waals surface area contributed by atoms with E-state index < -0.39 is 0 Å². The number of hydrogen-bond acceptors (Lipinski definition) is 2. The Morgan fingerprint density at radius 1 is 0.708 bits per heavy atom. The molecule has 0 saturated heterocycles. The number of hydrogen-bond donors (Lipinski definition) is 0. The maximum absolute atomic E-state index is 13.2. The molecule has 2 nitrogen and oxygen atoms in total. The lowest BCUT2D eigenvalue weighted by molar-refractivity contribution is -0.213. The fourth-order valence-electron chi connectivity index (χ4n) is 13.5. The van der Waals surface area contributed by atoms with Crippen LogP contribution >= 0.6 is 0 Å². The van der Waals surface area contributed by atoms with Crippen molar-refractivity contribution in [3.05, 3.63) is 11.6 Å². The second kappa shape index (κ2) is 15.4. The van der Waals surface area contributed by atoms with Gasteiger partial charge in [-0.25, -0.2) is 0 Å². The van der Waals surface area contributed by atoms with Gasteiger partial charge < -0.3 is 4.74 Å². The highest BCUT2D eigenvalue weighted by atomic mass is 16.5. The van der Waals surface area contributed by atoms with Crippen molar-refractivity contribution in [2.45, 2.75) is 216 Å². The molecule has 5 aliphatic carbocycles. The van der Waals surface area contributed by atoms with Gasteiger partial charge in [0.25, 0.3) is 0 Å². The highest BCUT2D eigenvalue weighted by Crippen LogP contribution is 2.75. The van der Waals surface area contributed by atoms with Crippen molar-refractivity contribution in [1.29, 1.82) is 0 Å². The number of fused-ring (bicyclic) bond motifs is 7. The summed E-state index contributed by atoms with van der Waals surface area (Å²) in [7, 11) is 0. The molecule has 4 saturated carbocycles. The lowest BCUT2D eigenvalue weighted by atomic mass is 9.33. The normalized spacial score (nSPS) is 41.7. The summed E-state index contributed by atoms with van der Waals surface area (Å²) in [5.74, 6) is 3.81. The molecule has 276 valence electrons. The molecule has 0 aromatic heterocycles. The summed E-state index contributed by atoms with van der Waals surface area (Å²) in [6.07, 6.45) is 32.7. The molecule has 48 heavy (non-hydrogen) atoms. The zero-order valence-electron chi connectivity index (χ0n) is 33.6. The number of unbranched alkanes of at least 4 members (excludes halogenated alkanes) is 12. The van der Waals surface area contributed by atoms with Crippen LogP contribution in [0.2, 0.25) is 0 Å². The fourth-order valence-corrected chi connectivity index (χ4v) is 13.5. The van der Waals surface area contributed by atoms with E-state index in [9.17, 15) is 4.79 Å². The van der Waals surface area contributed by atoms with Crippen LogP contribution in [0.25, 0.3) is 0 Å². The van der Waals surface area contributed by atoms with Crippen LogP contribution in [-0.2, 0) is 9.53 Å². The van der Waals surface area contributed by atoms with Gasteiger partial charge in [-0.2, -0.15) is 0 Å². The average molecular weight is 665 g/mol. The van der Waals surface area contributed by atoms with Crippen molar-refractivity contribution in [3.8, 4) is 0 Å². The lowest BCUT2D eigenvalue weighted by Gasteiger charge is -2.71. The number of carbonyl (C=O) groups excluding carboxylic acids is 1. The van der Waals surface area contributed by atoms with E-state index in [0.717, 1.165) is 36.5 Å². The Bertz CT molecular complexity index is 1100. The highest BCUT2D eigenvalue weighted by molar-refractivity contribution is 5.69. The lowest BCUT2D eigenvalue weighted by Crippen LogP contribution is -2.65. The van der Waals surface area contributed by atoms with E-state index in [1.54, 1.807) is 0 Å². The van der Waals surface area contributed by atoms with Gasteiger partial charge in [-0.1, -0.05) is 151 Å². The van der Waals surface area contributed by atoms with E-state index >= 15 is 0 Å². The number of rotatable bonds is 15. The molecule has 2 heteroatoms. The SMILES string of the molecule is CCCCCCCCCCCCCCCC(=O)O[C@H]1CC[C@]2(C)[C@H]3CC=C4[C@@H]5[C@@H](C)[C@H](C)CC[C@@]5(C)CC[C@@]4(C)[C@]3(C)CC[C@H]2C1(C)C. The van der Waals surface area contributed by atoms with Gasteiger partial charge in [-0.05, 0) is 115 Å². The third-order valence-corrected chi connectivity index (χ3v) is 17.1. The summed E-state index contributed by atoms with van der Waals surface area (Å²) < 4.78 is 6.42. The molecule has 5 rings (SSSR count). The summed E-state index contributed by atoms with van der Waals surface area (Å²) in [6, 6.07) is 0. The Labute approximate surface area is 299 Å². The monoisotopic (exact) mass is 665 g/mol. The zero-order chi connectivity index (χ0) is 34.8. The summed E-state index contributed by atoms with van der Waals surface area (Å²) in [5, 5.41) is 0. The zero-order valence-corrected chi connectivity index (χ0v) is 33.6. The Kier molecular flexibility index (Phi) is 12.4. The van der Waals surface area contributed by atoms with Crippen molar-refractivity contribution in [2.75, 3.05) is 0 Å². The largest absolute Gasteiger partial charge is 0.462 e. The first-order chi connectivity index (χ1) is 22.7. The molecule has 0 bridgehead atoms. The minimum absolute atomic E-state index is 0.0311. The molecule has 0 N–H and O–H groups in total. The molecular weight excluding hydrogens is 585 g/mol. The van der Waals surface area contributed by atoms with E-state index in [2.05, 4.69) is 68.4 Å². The molecule has 0 amide bonds. The van der Waals surface area contributed by atoms with Gasteiger partial charge in [0.15, 0.2) is 0 Å². The summed E-state index contributed by atoms with van der Waals surface area (Å²) in [6.45, 7) is 23.1. The van der Waals surface area contributed by atoms with Crippen molar-refractivity contribution in [2.24, 2.45) is 56.7 Å². The fraction of sp³-hybridized carbons (Fsp3) is 0.935. The molecule has 4 fully saturated rings. The molecule has 0 aromatic rings. The van der Waals surface area contributed by atoms with Crippen molar-refractivity contribution >= 4 is 5.97 Å². The van der Waals surface area contributed by atoms with Gasteiger partial charge >= 0.3 is 5.97 Å². The molecule has 0 unspecified atom stereocenters. The molecule has 0 aliphatic heterocycles. The number of ether oxygens (including phenoxy) is 1.